The van der Waals surface area contributed by atoms with Crippen LogP contribution in [0.3, 0.4) is 0 Å². The summed E-state index contributed by atoms with van der Waals surface area (Å²) < 4.78 is 0. The van der Waals surface area contributed by atoms with Crippen LogP contribution < -0.4 is 0 Å². The zero-order chi connectivity index (χ0) is 16.9. The highest BCUT2D eigenvalue weighted by atomic mass is 16.2. The van der Waals surface area contributed by atoms with Gasteiger partial charge in [-0.3, -0.25) is 14.7 Å². The highest BCUT2D eigenvalue weighted by Gasteiger charge is 2.33. The molecule has 126 valence electrons. The normalized spacial score (nSPS) is 19.2. The molecule has 1 fully saturated rings. The molecule has 2 aromatic rings. The lowest BCUT2D eigenvalue weighted by Crippen LogP contribution is -2.42. The Morgan fingerprint density at radius 3 is 2.79 bits per heavy atom. The molecule has 0 unspecified atom stereocenters. The molecule has 1 aromatic heterocycles. The maximum Gasteiger partial charge on any atom is 0.274 e. The summed E-state index contributed by atoms with van der Waals surface area (Å²) in [6.45, 7) is 6.85. The number of rotatable bonds is 5. The van der Waals surface area contributed by atoms with Crippen LogP contribution in [0.4, 0.5) is 0 Å². The maximum absolute atomic E-state index is 12.7. The molecule has 2 atom stereocenters. The maximum atomic E-state index is 12.7. The molecule has 3 rings (SSSR count). The Morgan fingerprint density at radius 1 is 1.33 bits per heavy atom. The van der Waals surface area contributed by atoms with Gasteiger partial charge in [0.25, 0.3) is 5.91 Å². The first-order valence-corrected chi connectivity index (χ1v) is 8.56. The van der Waals surface area contributed by atoms with Crippen molar-refractivity contribution in [2.45, 2.75) is 32.4 Å². The van der Waals surface area contributed by atoms with Crippen LogP contribution in [-0.4, -0.2) is 51.4 Å². The lowest BCUT2D eigenvalue weighted by Gasteiger charge is -2.29. The van der Waals surface area contributed by atoms with Gasteiger partial charge in [-0.25, -0.2) is 4.98 Å². The van der Waals surface area contributed by atoms with Crippen molar-refractivity contribution in [2.75, 3.05) is 19.6 Å². The molecule has 0 saturated carbocycles. The summed E-state index contributed by atoms with van der Waals surface area (Å²) in [5.41, 5.74) is 1.75. The van der Waals surface area contributed by atoms with Crippen LogP contribution >= 0.6 is 0 Å². The molecule has 1 aromatic carbocycles. The molecule has 2 heterocycles. The van der Waals surface area contributed by atoms with Gasteiger partial charge in [-0.1, -0.05) is 30.3 Å². The summed E-state index contributed by atoms with van der Waals surface area (Å²) in [4.78, 5) is 25.3. The van der Waals surface area contributed by atoms with E-state index in [1.807, 2.05) is 17.9 Å². The number of carbonyl (C=O) groups excluding carboxylic acids is 1. The highest BCUT2D eigenvalue weighted by molar-refractivity contribution is 5.92. The zero-order valence-electron chi connectivity index (χ0n) is 14.3. The van der Waals surface area contributed by atoms with Gasteiger partial charge in [0.05, 0.1) is 6.20 Å². The standard InChI is InChI=1S/C19H24N4O/c1-3-23(19(24)18-13-20-10-11-21-18)17-9-12-22(14-17)15(2)16-7-5-4-6-8-16/h4-8,10-11,13,15,17H,3,9,12,14H2,1-2H3/t15-,17+/m1/s1. The van der Waals surface area contributed by atoms with Crippen molar-refractivity contribution in [1.29, 1.82) is 0 Å². The molecule has 0 bridgehead atoms. The summed E-state index contributed by atoms with van der Waals surface area (Å²) in [5, 5.41) is 0. The smallest absolute Gasteiger partial charge is 0.274 e. The summed E-state index contributed by atoms with van der Waals surface area (Å²) in [6, 6.07) is 11.1. The van der Waals surface area contributed by atoms with E-state index in [0.29, 0.717) is 18.3 Å². The fourth-order valence-electron chi connectivity index (χ4n) is 3.44. The van der Waals surface area contributed by atoms with E-state index in [2.05, 4.69) is 46.1 Å². The molecular weight excluding hydrogens is 300 g/mol. The number of amides is 1. The Bertz CT molecular complexity index is 662. The molecule has 5 heteroatoms. The van der Waals surface area contributed by atoms with Gasteiger partial charge in [0.1, 0.15) is 5.69 Å². The first-order valence-electron chi connectivity index (χ1n) is 8.56. The van der Waals surface area contributed by atoms with Crippen molar-refractivity contribution >= 4 is 5.91 Å². The van der Waals surface area contributed by atoms with Crippen LogP contribution in [0.2, 0.25) is 0 Å². The van der Waals surface area contributed by atoms with Crippen LogP contribution in [-0.2, 0) is 0 Å². The molecule has 0 radical (unpaired) electrons. The third-order valence-electron chi connectivity index (χ3n) is 4.85. The first-order chi connectivity index (χ1) is 11.7. The highest BCUT2D eigenvalue weighted by Crippen LogP contribution is 2.27. The van der Waals surface area contributed by atoms with Gasteiger partial charge in [-0.15, -0.1) is 0 Å². The number of likely N-dealkylation sites (N-methyl/N-ethyl adjacent to an activating group) is 1. The van der Waals surface area contributed by atoms with E-state index in [4.69, 9.17) is 0 Å². The van der Waals surface area contributed by atoms with Crippen LogP contribution in [0.5, 0.6) is 0 Å². The van der Waals surface area contributed by atoms with Gasteiger partial charge in [-0.2, -0.15) is 0 Å². The van der Waals surface area contributed by atoms with E-state index in [1.54, 1.807) is 18.6 Å². The fraction of sp³-hybridized carbons (Fsp3) is 0.421. The second-order valence-electron chi connectivity index (χ2n) is 6.21. The van der Waals surface area contributed by atoms with Crippen molar-refractivity contribution in [2.24, 2.45) is 0 Å². The molecular formula is C19H24N4O. The van der Waals surface area contributed by atoms with Gasteiger partial charge in [0.15, 0.2) is 0 Å². The lowest BCUT2D eigenvalue weighted by molar-refractivity contribution is 0.0683. The quantitative estimate of drug-likeness (QED) is 0.848. The molecule has 24 heavy (non-hydrogen) atoms. The molecule has 1 aliphatic heterocycles. The van der Waals surface area contributed by atoms with Gasteiger partial charge in [0, 0.05) is 44.1 Å². The topological polar surface area (TPSA) is 49.3 Å². The largest absolute Gasteiger partial charge is 0.333 e. The van der Waals surface area contributed by atoms with Crippen molar-refractivity contribution in [3.05, 3.63) is 60.2 Å². The Kier molecular flexibility index (Phi) is 5.20. The SMILES string of the molecule is CCN(C(=O)c1cnccn1)[C@H]1CCN([C@H](C)c2ccccc2)C1. The fourth-order valence-corrected chi connectivity index (χ4v) is 3.44. The molecule has 1 amide bonds. The number of hydrogen-bond donors (Lipinski definition) is 0. The lowest BCUT2D eigenvalue weighted by atomic mass is 10.1. The summed E-state index contributed by atoms with van der Waals surface area (Å²) in [5.74, 6) is -0.0233. The number of hydrogen-bond acceptors (Lipinski definition) is 4. The average molecular weight is 324 g/mol. The van der Waals surface area contributed by atoms with Gasteiger partial charge < -0.3 is 4.90 Å². The minimum atomic E-state index is -0.0233. The van der Waals surface area contributed by atoms with Crippen molar-refractivity contribution < 1.29 is 4.79 Å². The Balaban J connectivity index is 1.68. The Morgan fingerprint density at radius 2 is 2.12 bits per heavy atom. The minimum absolute atomic E-state index is 0.0233. The van der Waals surface area contributed by atoms with Gasteiger partial charge in [-0.05, 0) is 25.8 Å². The number of aromatic nitrogens is 2. The predicted molar refractivity (Wildman–Crippen MR) is 93.6 cm³/mol. The number of carbonyl (C=O) groups is 1. The van der Waals surface area contributed by atoms with Crippen LogP contribution in [0.1, 0.15) is 42.4 Å². The molecule has 0 spiro atoms. The Labute approximate surface area is 143 Å². The second kappa shape index (κ2) is 7.53. The van der Waals surface area contributed by atoms with E-state index in [1.165, 1.54) is 5.56 Å². The molecule has 1 saturated heterocycles. The average Bonchev–Trinajstić information content (AvgIpc) is 3.13. The molecule has 0 aliphatic carbocycles. The second-order valence-corrected chi connectivity index (χ2v) is 6.21. The van der Waals surface area contributed by atoms with Crippen LogP contribution in [0, 0.1) is 0 Å². The molecule has 1 aliphatic rings. The van der Waals surface area contributed by atoms with E-state index >= 15 is 0 Å². The minimum Gasteiger partial charge on any atom is -0.333 e. The van der Waals surface area contributed by atoms with Crippen molar-refractivity contribution in [3.63, 3.8) is 0 Å². The third-order valence-corrected chi connectivity index (χ3v) is 4.85. The van der Waals surface area contributed by atoms with Gasteiger partial charge in [0.2, 0.25) is 0 Å². The summed E-state index contributed by atoms with van der Waals surface area (Å²) in [6.07, 6.45) is 5.70. The monoisotopic (exact) mass is 324 g/mol. The number of benzene rings is 1. The molecule has 0 N–H and O–H groups in total. The van der Waals surface area contributed by atoms with E-state index in [9.17, 15) is 4.79 Å². The zero-order valence-corrected chi connectivity index (χ0v) is 14.3. The Hall–Kier alpha value is -2.27. The molecule has 5 nitrogen and oxygen atoms in total. The van der Waals surface area contributed by atoms with Crippen molar-refractivity contribution in [1.82, 2.24) is 19.8 Å². The van der Waals surface area contributed by atoms with E-state index in [-0.39, 0.29) is 11.9 Å². The number of likely N-dealkylation sites (tertiary alicyclic amines) is 1. The van der Waals surface area contributed by atoms with Gasteiger partial charge >= 0.3 is 0 Å². The number of nitrogens with zero attached hydrogens (tertiary/aromatic N) is 4. The van der Waals surface area contributed by atoms with E-state index < -0.39 is 0 Å². The first kappa shape index (κ1) is 16.6. The summed E-state index contributed by atoms with van der Waals surface area (Å²) >= 11 is 0. The van der Waals surface area contributed by atoms with Crippen LogP contribution in [0.25, 0.3) is 0 Å². The van der Waals surface area contributed by atoms with Crippen LogP contribution in [0.15, 0.2) is 48.9 Å². The third kappa shape index (κ3) is 3.46. The van der Waals surface area contributed by atoms with E-state index in [0.717, 1.165) is 19.5 Å². The van der Waals surface area contributed by atoms with Crippen molar-refractivity contribution in [3.8, 4) is 0 Å². The predicted octanol–water partition coefficient (Wildman–Crippen LogP) is 2.77. The summed E-state index contributed by atoms with van der Waals surface area (Å²) in [7, 11) is 0.